The molecule has 17 heavy (non-hydrogen) atoms. The van der Waals surface area contributed by atoms with Gasteiger partial charge in [0.2, 0.25) is 0 Å². The number of rotatable bonds is 3. The van der Waals surface area contributed by atoms with Gasteiger partial charge in [0.1, 0.15) is 16.9 Å². The summed E-state index contributed by atoms with van der Waals surface area (Å²) in [4.78, 5) is 15.4. The van der Waals surface area contributed by atoms with Crippen LogP contribution in [0.3, 0.4) is 0 Å². The van der Waals surface area contributed by atoms with Crippen molar-refractivity contribution < 1.29 is 14.3 Å². The van der Waals surface area contributed by atoms with Crippen LogP contribution < -0.4 is 0 Å². The molecule has 1 aliphatic heterocycles. The molecule has 0 saturated carbocycles. The molecule has 2 heterocycles. The van der Waals surface area contributed by atoms with Gasteiger partial charge in [0.15, 0.2) is 0 Å². The molecule has 92 valence electrons. The Labute approximate surface area is 109 Å². The van der Waals surface area contributed by atoms with E-state index in [4.69, 9.17) is 32.7 Å². The molecule has 0 amide bonds. The lowest BCUT2D eigenvalue weighted by molar-refractivity contribution is 0.0161. The second-order valence-corrected chi connectivity index (χ2v) is 4.51. The lowest BCUT2D eigenvalue weighted by atomic mass is 10.2. The molecule has 6 heteroatoms. The molecule has 0 aliphatic carbocycles. The first-order valence-corrected chi connectivity index (χ1v) is 6.02. The van der Waals surface area contributed by atoms with Crippen LogP contribution in [0.25, 0.3) is 0 Å². The summed E-state index contributed by atoms with van der Waals surface area (Å²) in [5.74, 6) is -0.466. The second-order valence-electron chi connectivity index (χ2n) is 3.73. The van der Waals surface area contributed by atoms with Crippen molar-refractivity contribution in [1.29, 1.82) is 0 Å². The summed E-state index contributed by atoms with van der Waals surface area (Å²) in [6.07, 6.45) is 1.94. The maximum Gasteiger partial charge on any atom is 0.338 e. The van der Waals surface area contributed by atoms with Crippen LogP contribution in [-0.4, -0.2) is 30.3 Å². The van der Waals surface area contributed by atoms with E-state index >= 15 is 0 Å². The number of carbonyl (C=O) groups is 1. The van der Waals surface area contributed by atoms with Crippen LogP contribution in [0.4, 0.5) is 0 Å². The van der Waals surface area contributed by atoms with Gasteiger partial charge in [-0.3, -0.25) is 0 Å². The van der Waals surface area contributed by atoms with Crippen LogP contribution in [0.2, 0.25) is 10.3 Å². The first kappa shape index (κ1) is 12.6. The molecule has 1 aromatic heterocycles. The number of aromatic nitrogens is 1. The first-order valence-electron chi connectivity index (χ1n) is 5.27. The molecule has 4 nitrogen and oxygen atoms in total. The number of halogens is 2. The van der Waals surface area contributed by atoms with E-state index < -0.39 is 5.97 Å². The van der Waals surface area contributed by atoms with E-state index in [1.807, 2.05) is 0 Å². The van der Waals surface area contributed by atoms with Crippen LogP contribution in [-0.2, 0) is 9.47 Å². The van der Waals surface area contributed by atoms with Gasteiger partial charge in [-0.2, -0.15) is 0 Å². The van der Waals surface area contributed by atoms with Gasteiger partial charge in [-0.05, 0) is 25.0 Å². The number of carbonyl (C=O) groups excluding carboxylic acids is 1. The van der Waals surface area contributed by atoms with Gasteiger partial charge in [0.05, 0.1) is 11.7 Å². The third kappa shape index (κ3) is 3.56. The van der Waals surface area contributed by atoms with E-state index in [0.29, 0.717) is 5.56 Å². The lowest BCUT2D eigenvalue weighted by Crippen LogP contribution is -2.17. The van der Waals surface area contributed by atoms with Gasteiger partial charge in [0.25, 0.3) is 0 Å². The highest BCUT2D eigenvalue weighted by atomic mass is 35.5. The molecule has 0 spiro atoms. The Hall–Kier alpha value is -0.840. The van der Waals surface area contributed by atoms with E-state index in [2.05, 4.69) is 4.98 Å². The average Bonchev–Trinajstić information content (AvgIpc) is 2.77. The van der Waals surface area contributed by atoms with Crippen molar-refractivity contribution in [3.63, 3.8) is 0 Å². The Morgan fingerprint density at radius 2 is 2.18 bits per heavy atom. The van der Waals surface area contributed by atoms with Gasteiger partial charge in [-0.1, -0.05) is 23.2 Å². The largest absolute Gasteiger partial charge is 0.459 e. The van der Waals surface area contributed by atoms with Crippen molar-refractivity contribution in [2.45, 2.75) is 18.9 Å². The minimum absolute atomic E-state index is 0.00623. The standard InChI is InChI=1S/C11H11Cl2NO3/c12-9-4-7(5-10(13)14-9)11(15)17-6-8-2-1-3-16-8/h4-5,8H,1-3,6H2. The van der Waals surface area contributed by atoms with E-state index in [1.165, 1.54) is 12.1 Å². The zero-order valence-electron chi connectivity index (χ0n) is 8.99. The van der Waals surface area contributed by atoms with Crippen LogP contribution >= 0.6 is 23.2 Å². The van der Waals surface area contributed by atoms with Crippen molar-refractivity contribution in [3.8, 4) is 0 Å². The molecule has 1 saturated heterocycles. The maximum absolute atomic E-state index is 11.7. The van der Waals surface area contributed by atoms with Crippen LogP contribution in [0.5, 0.6) is 0 Å². The van der Waals surface area contributed by atoms with Crippen molar-refractivity contribution in [2.24, 2.45) is 0 Å². The molecule has 1 atom stereocenters. The number of hydrogen-bond acceptors (Lipinski definition) is 4. The molecular weight excluding hydrogens is 265 g/mol. The van der Waals surface area contributed by atoms with Crippen LogP contribution in [0.15, 0.2) is 12.1 Å². The fourth-order valence-electron chi connectivity index (χ4n) is 1.61. The zero-order chi connectivity index (χ0) is 12.3. The SMILES string of the molecule is O=C(OCC1CCCO1)c1cc(Cl)nc(Cl)c1. The van der Waals surface area contributed by atoms with E-state index in [1.54, 1.807) is 0 Å². The number of esters is 1. The highest BCUT2D eigenvalue weighted by Crippen LogP contribution is 2.17. The smallest absolute Gasteiger partial charge is 0.338 e. The zero-order valence-corrected chi connectivity index (χ0v) is 10.5. The highest BCUT2D eigenvalue weighted by Gasteiger charge is 2.18. The van der Waals surface area contributed by atoms with Gasteiger partial charge >= 0.3 is 5.97 Å². The Morgan fingerprint density at radius 1 is 1.47 bits per heavy atom. The Balaban J connectivity index is 1.94. The quantitative estimate of drug-likeness (QED) is 0.629. The average molecular weight is 276 g/mol. The van der Waals surface area contributed by atoms with Crippen LogP contribution in [0.1, 0.15) is 23.2 Å². The number of pyridine rings is 1. The van der Waals surface area contributed by atoms with Gasteiger partial charge in [-0.25, -0.2) is 9.78 Å². The van der Waals surface area contributed by atoms with Crippen molar-refractivity contribution in [3.05, 3.63) is 28.0 Å². The number of hydrogen-bond donors (Lipinski definition) is 0. The third-order valence-corrected chi connectivity index (χ3v) is 2.81. The monoisotopic (exact) mass is 275 g/mol. The Kier molecular flexibility index (Phi) is 4.20. The van der Waals surface area contributed by atoms with E-state index in [-0.39, 0.29) is 23.0 Å². The van der Waals surface area contributed by atoms with Crippen molar-refractivity contribution in [2.75, 3.05) is 13.2 Å². The molecule has 1 fully saturated rings. The minimum Gasteiger partial charge on any atom is -0.459 e. The third-order valence-electron chi connectivity index (χ3n) is 2.42. The number of ether oxygens (including phenoxy) is 2. The number of nitrogens with zero attached hydrogens (tertiary/aromatic N) is 1. The normalized spacial score (nSPS) is 19.3. The summed E-state index contributed by atoms with van der Waals surface area (Å²) in [6.45, 7) is 0.992. The van der Waals surface area contributed by atoms with Gasteiger partial charge in [0, 0.05) is 6.61 Å². The Morgan fingerprint density at radius 3 is 2.76 bits per heavy atom. The fraction of sp³-hybridized carbons (Fsp3) is 0.455. The predicted molar refractivity (Wildman–Crippen MR) is 63.5 cm³/mol. The highest BCUT2D eigenvalue weighted by molar-refractivity contribution is 6.32. The molecule has 1 unspecified atom stereocenters. The fourth-order valence-corrected chi connectivity index (χ4v) is 2.07. The topological polar surface area (TPSA) is 48.4 Å². The summed E-state index contributed by atoms with van der Waals surface area (Å²) < 4.78 is 10.5. The second kappa shape index (κ2) is 5.67. The molecule has 2 rings (SSSR count). The minimum atomic E-state index is -0.466. The van der Waals surface area contributed by atoms with Gasteiger partial charge < -0.3 is 9.47 Å². The first-order chi connectivity index (χ1) is 8.15. The molecule has 0 aromatic carbocycles. The predicted octanol–water partition coefficient (Wildman–Crippen LogP) is 2.72. The molecule has 0 bridgehead atoms. The lowest BCUT2D eigenvalue weighted by Gasteiger charge is -2.10. The summed E-state index contributed by atoms with van der Waals surface area (Å²) in [7, 11) is 0. The molecular formula is C11H11Cl2NO3. The van der Waals surface area contributed by atoms with Crippen molar-refractivity contribution >= 4 is 29.2 Å². The summed E-state index contributed by atoms with van der Waals surface area (Å²) >= 11 is 11.4. The van der Waals surface area contributed by atoms with E-state index in [9.17, 15) is 4.79 Å². The summed E-state index contributed by atoms with van der Waals surface area (Å²) in [5, 5.41) is 0.336. The van der Waals surface area contributed by atoms with Crippen molar-refractivity contribution in [1.82, 2.24) is 4.98 Å². The summed E-state index contributed by atoms with van der Waals surface area (Å²) in [5.41, 5.74) is 0.299. The molecule has 1 aliphatic rings. The van der Waals surface area contributed by atoms with Gasteiger partial charge in [-0.15, -0.1) is 0 Å². The molecule has 0 N–H and O–H groups in total. The maximum atomic E-state index is 11.7. The Bertz CT molecular complexity index is 399. The van der Waals surface area contributed by atoms with Crippen LogP contribution in [0, 0.1) is 0 Å². The summed E-state index contributed by atoms with van der Waals surface area (Å²) in [6, 6.07) is 2.84. The molecule has 0 radical (unpaired) electrons. The van der Waals surface area contributed by atoms with E-state index in [0.717, 1.165) is 19.4 Å². The molecule has 1 aromatic rings.